The Hall–Kier alpha value is 0.990. The average molecular weight is 216 g/mol. The molecule has 1 heterocycles. The van der Waals surface area contributed by atoms with Gasteiger partial charge in [-0.15, -0.1) is 23.3 Å². The molecule has 0 spiro atoms. The van der Waals surface area contributed by atoms with E-state index in [1.54, 1.807) is 0 Å². The van der Waals surface area contributed by atoms with Crippen LogP contribution in [0.15, 0.2) is 0 Å². The molecule has 7 heteroatoms. The summed E-state index contributed by atoms with van der Waals surface area (Å²) in [5.41, 5.74) is 2.68. The molecule has 0 saturated carbocycles. The third-order valence-corrected chi connectivity index (χ3v) is 5.76. The van der Waals surface area contributed by atoms with Gasteiger partial charge in [-0.05, 0) is 8.28 Å². The second-order valence-corrected chi connectivity index (χ2v) is 8.33. The highest BCUT2D eigenvalue weighted by molar-refractivity contribution is 9.23. The lowest BCUT2D eigenvalue weighted by Gasteiger charge is -2.18. The van der Waals surface area contributed by atoms with Crippen molar-refractivity contribution in [3.63, 3.8) is 0 Å². The zero-order valence-corrected chi connectivity index (χ0v) is 8.36. The molecular weight excluding hydrogens is 212 g/mol. The summed E-state index contributed by atoms with van der Waals surface area (Å²) in [5.74, 6) is 0. The van der Waals surface area contributed by atoms with Crippen molar-refractivity contribution in [2.24, 2.45) is 0 Å². The van der Waals surface area contributed by atoms with Crippen molar-refractivity contribution < 1.29 is 0 Å². The quantitative estimate of drug-likeness (QED) is 0.277. The van der Waals surface area contributed by atoms with Crippen molar-refractivity contribution in [2.45, 2.75) is 0 Å². The Labute approximate surface area is 75.2 Å². The normalized spacial score (nSPS) is 27.8. The highest BCUT2D eigenvalue weighted by Crippen LogP contribution is 2.56. The molecule has 0 aromatic carbocycles. The molecule has 0 unspecified atom stereocenters. The van der Waals surface area contributed by atoms with Crippen LogP contribution in [0.5, 0.6) is 0 Å². The third-order valence-electron chi connectivity index (χ3n) is 0.751. The van der Waals surface area contributed by atoms with Gasteiger partial charge < -0.3 is 5.43 Å². The summed E-state index contributed by atoms with van der Waals surface area (Å²) < 4.78 is 0.601. The number of hydrazine groups is 1. The van der Waals surface area contributed by atoms with Gasteiger partial charge >= 0.3 is 0 Å². The van der Waals surface area contributed by atoms with E-state index >= 15 is 0 Å². The van der Waals surface area contributed by atoms with Gasteiger partial charge in [-0.2, -0.15) is 4.83 Å². The zero-order valence-electron chi connectivity index (χ0n) is 4.12. The van der Waals surface area contributed by atoms with Crippen LogP contribution in [-0.4, -0.2) is 9.19 Å². The lowest BCUT2D eigenvalue weighted by molar-refractivity contribution is 0.966. The summed E-state index contributed by atoms with van der Waals surface area (Å²) >= 11 is 18.0. The largest absolute Gasteiger partial charge is 0.300 e. The van der Waals surface area contributed by atoms with Gasteiger partial charge in [0, 0.05) is 0 Å². The highest BCUT2D eigenvalue weighted by Gasteiger charge is 2.30. The van der Waals surface area contributed by atoms with Crippen LogP contribution in [0.2, 0.25) is 0 Å². The molecule has 0 amide bonds. The molecule has 1 fully saturated rings. The fourth-order valence-corrected chi connectivity index (χ4v) is 2.85. The fourth-order valence-electron chi connectivity index (χ4n) is 0.344. The van der Waals surface area contributed by atoms with E-state index in [0.29, 0.717) is 9.19 Å². The summed E-state index contributed by atoms with van der Waals surface area (Å²) in [6.45, 7) is 0. The molecule has 9 heavy (non-hydrogen) atoms. The van der Waals surface area contributed by atoms with E-state index in [0.717, 1.165) is 0 Å². The molecule has 0 radical (unpaired) electrons. The Balaban J connectivity index is 2.86. The molecule has 2 nitrogen and oxygen atoms in total. The Morgan fingerprint density at radius 3 is 2.00 bits per heavy atom. The smallest absolute Gasteiger partial charge is 0.140 e. The third kappa shape index (κ3) is 1.52. The van der Waals surface area contributed by atoms with Gasteiger partial charge in [-0.1, -0.05) is 24.4 Å². The molecular formula is C2H4N2S5. The molecule has 1 rings (SSSR count). The first-order valence-corrected chi connectivity index (χ1v) is 6.49. The number of hydrogen-bond donors (Lipinski definition) is 4. The molecule has 0 aromatic heterocycles. The van der Waals surface area contributed by atoms with Crippen LogP contribution < -0.4 is 10.3 Å². The van der Waals surface area contributed by atoms with E-state index < -0.39 is 8.28 Å². The van der Waals surface area contributed by atoms with E-state index in [-0.39, 0.29) is 0 Å². The number of hydrogen-bond acceptors (Lipinski definition) is 5. The predicted molar refractivity (Wildman–Crippen MR) is 57.0 cm³/mol. The van der Waals surface area contributed by atoms with Gasteiger partial charge in [0.1, 0.15) is 9.19 Å². The van der Waals surface area contributed by atoms with Crippen LogP contribution in [0, 0.1) is 0 Å². The van der Waals surface area contributed by atoms with Crippen LogP contribution in [0.3, 0.4) is 0 Å². The van der Waals surface area contributed by atoms with Gasteiger partial charge in [-0.25, -0.2) is 0 Å². The first kappa shape index (κ1) is 8.09. The molecule has 1 aliphatic rings. The molecule has 0 atom stereocenters. The summed E-state index contributed by atoms with van der Waals surface area (Å²) in [6, 6.07) is 0. The Morgan fingerprint density at radius 2 is 1.89 bits per heavy atom. The topological polar surface area (TPSA) is 24.1 Å². The van der Waals surface area contributed by atoms with Gasteiger partial charge in [0.05, 0.1) is 0 Å². The van der Waals surface area contributed by atoms with Crippen molar-refractivity contribution in [1.29, 1.82) is 0 Å². The molecule has 1 saturated heterocycles. The Kier molecular flexibility index (Phi) is 2.30. The number of rotatable bonds is 0. The Morgan fingerprint density at radius 1 is 1.33 bits per heavy atom. The first-order chi connectivity index (χ1) is 4.04. The second-order valence-electron chi connectivity index (χ2n) is 1.39. The Bertz CT molecular complexity index is 174. The first-order valence-electron chi connectivity index (χ1n) is 1.93. The van der Waals surface area contributed by atoms with E-state index in [1.807, 2.05) is 0 Å². The van der Waals surface area contributed by atoms with Crippen LogP contribution in [0.25, 0.3) is 0 Å². The van der Waals surface area contributed by atoms with Crippen LogP contribution in [0.1, 0.15) is 0 Å². The van der Waals surface area contributed by atoms with Crippen LogP contribution in [0.4, 0.5) is 0 Å². The summed E-state index contributed by atoms with van der Waals surface area (Å²) in [7, 11) is -1.56. The second kappa shape index (κ2) is 2.55. The molecule has 0 bridgehead atoms. The minimum atomic E-state index is -1.56. The van der Waals surface area contributed by atoms with E-state index in [9.17, 15) is 0 Å². The fraction of sp³-hybridized carbons (Fsp3) is 0. The number of thiocarbonyl (C=S) groups is 2. The SMILES string of the molecule is S=C1NNS(S)(S)C1=S. The predicted octanol–water partition coefficient (Wildman–Crippen LogP) is 1.16. The van der Waals surface area contributed by atoms with Gasteiger partial charge in [0.15, 0.2) is 0 Å². The minimum Gasteiger partial charge on any atom is -0.300 e. The minimum absolute atomic E-state index is 0.532. The van der Waals surface area contributed by atoms with E-state index in [2.05, 4.69) is 33.6 Å². The number of nitrogens with one attached hydrogen (secondary N) is 2. The summed E-state index contributed by atoms with van der Waals surface area (Å²) in [6.07, 6.45) is 0. The molecule has 52 valence electrons. The lowest BCUT2D eigenvalue weighted by Crippen LogP contribution is -2.24. The maximum absolute atomic E-state index is 4.90. The lowest BCUT2D eigenvalue weighted by atomic mass is 10.8. The number of thiol groups is 2. The van der Waals surface area contributed by atoms with Crippen molar-refractivity contribution in [2.75, 3.05) is 0 Å². The van der Waals surface area contributed by atoms with Crippen LogP contribution >= 0.6 is 56.0 Å². The van der Waals surface area contributed by atoms with Crippen molar-refractivity contribution in [3.05, 3.63) is 0 Å². The molecule has 0 aromatic rings. The maximum Gasteiger partial charge on any atom is 0.140 e. The zero-order chi connectivity index (χ0) is 7.07. The standard InChI is InChI=1S/C2H4N2S5/c5-1-2(6)9(7,8)4-3-1/h4,7-8H,(H,3,5). The molecule has 0 aliphatic carbocycles. The summed E-state index contributed by atoms with van der Waals surface area (Å²) in [4.78, 5) is 3.31. The summed E-state index contributed by atoms with van der Waals surface area (Å²) in [5, 5.41) is 0. The van der Waals surface area contributed by atoms with E-state index in [4.69, 9.17) is 24.4 Å². The maximum atomic E-state index is 4.90. The van der Waals surface area contributed by atoms with Crippen LogP contribution in [-0.2, 0) is 0 Å². The average Bonchev–Trinajstić information content (AvgIpc) is 1.97. The van der Waals surface area contributed by atoms with Gasteiger partial charge in [0.25, 0.3) is 0 Å². The van der Waals surface area contributed by atoms with Gasteiger partial charge in [0.2, 0.25) is 0 Å². The highest BCUT2D eigenvalue weighted by atomic mass is 33.5. The van der Waals surface area contributed by atoms with Crippen molar-refractivity contribution in [1.82, 2.24) is 10.3 Å². The van der Waals surface area contributed by atoms with Crippen molar-refractivity contribution in [3.8, 4) is 0 Å². The van der Waals surface area contributed by atoms with E-state index in [1.165, 1.54) is 0 Å². The molecule has 1 aliphatic heterocycles. The monoisotopic (exact) mass is 216 g/mol. The van der Waals surface area contributed by atoms with Crippen molar-refractivity contribution >= 4 is 65.2 Å². The molecule has 2 N–H and O–H groups in total. The van der Waals surface area contributed by atoms with Gasteiger partial charge in [-0.3, -0.25) is 0 Å².